The van der Waals surface area contributed by atoms with Crippen LogP contribution >= 0.6 is 0 Å². The van der Waals surface area contributed by atoms with Gasteiger partial charge in [0.05, 0.1) is 5.56 Å². The van der Waals surface area contributed by atoms with E-state index in [2.05, 4.69) is 5.32 Å². The molecule has 1 N–H and O–H groups in total. The number of Topliss-reactive ketones (excluding diaryl/α,β-unsaturated/α-hetero) is 1. The van der Waals surface area contributed by atoms with Gasteiger partial charge in [0.25, 0.3) is 5.91 Å². The van der Waals surface area contributed by atoms with E-state index in [1.807, 2.05) is 0 Å². The van der Waals surface area contributed by atoms with Gasteiger partial charge in [-0.3, -0.25) is 9.59 Å². The Hall–Kier alpha value is -3.02. The molecule has 0 aliphatic heterocycles. The molecule has 0 bridgehead atoms. The van der Waals surface area contributed by atoms with Crippen molar-refractivity contribution in [2.75, 3.05) is 5.32 Å². The summed E-state index contributed by atoms with van der Waals surface area (Å²) < 4.78 is 17.9. The average Bonchev–Trinajstić information content (AvgIpc) is 2.55. The summed E-state index contributed by atoms with van der Waals surface area (Å²) in [7, 11) is 0. The fraction of sp³-hybridized carbons (Fsp3) is 0.167. The second-order valence-corrected chi connectivity index (χ2v) is 5.18. The fourth-order valence-corrected chi connectivity index (χ4v) is 1.93. The van der Waals surface area contributed by atoms with Crippen LogP contribution in [0.3, 0.4) is 0 Å². The van der Waals surface area contributed by atoms with Gasteiger partial charge in [0.2, 0.25) is 0 Å². The van der Waals surface area contributed by atoms with Gasteiger partial charge in [0.15, 0.2) is 11.9 Å². The quantitative estimate of drug-likeness (QED) is 0.675. The van der Waals surface area contributed by atoms with E-state index < -0.39 is 23.8 Å². The smallest absolute Gasteiger partial charge is 0.338 e. The van der Waals surface area contributed by atoms with Gasteiger partial charge >= 0.3 is 5.97 Å². The second-order valence-electron chi connectivity index (χ2n) is 5.18. The molecule has 0 radical (unpaired) electrons. The van der Waals surface area contributed by atoms with E-state index in [1.54, 1.807) is 18.2 Å². The Morgan fingerprint density at radius 1 is 1.04 bits per heavy atom. The largest absolute Gasteiger partial charge is 0.449 e. The molecule has 0 aliphatic rings. The van der Waals surface area contributed by atoms with E-state index >= 15 is 0 Å². The molecule has 1 amide bonds. The number of anilines is 1. The molecular weight excluding hydrogens is 313 g/mol. The fourth-order valence-electron chi connectivity index (χ4n) is 1.93. The van der Waals surface area contributed by atoms with Gasteiger partial charge in [0, 0.05) is 11.3 Å². The molecule has 5 nitrogen and oxygen atoms in total. The van der Waals surface area contributed by atoms with Crippen LogP contribution in [0.5, 0.6) is 0 Å². The lowest BCUT2D eigenvalue weighted by Crippen LogP contribution is -2.30. The van der Waals surface area contributed by atoms with Crippen molar-refractivity contribution in [2.45, 2.75) is 20.0 Å². The van der Waals surface area contributed by atoms with Crippen LogP contribution in [-0.4, -0.2) is 23.8 Å². The number of rotatable bonds is 5. The zero-order chi connectivity index (χ0) is 17.7. The molecule has 2 rings (SSSR count). The van der Waals surface area contributed by atoms with E-state index in [9.17, 15) is 18.8 Å². The summed E-state index contributed by atoms with van der Waals surface area (Å²) >= 11 is 0. The van der Waals surface area contributed by atoms with Gasteiger partial charge in [-0.2, -0.15) is 0 Å². The van der Waals surface area contributed by atoms with Crippen LogP contribution in [0.15, 0.2) is 48.5 Å². The highest BCUT2D eigenvalue weighted by atomic mass is 19.1. The topological polar surface area (TPSA) is 72.5 Å². The molecule has 0 aliphatic carbocycles. The number of hydrogen-bond acceptors (Lipinski definition) is 4. The van der Waals surface area contributed by atoms with Crippen molar-refractivity contribution in [1.82, 2.24) is 0 Å². The molecule has 0 saturated heterocycles. The van der Waals surface area contributed by atoms with Gasteiger partial charge in [-0.15, -0.1) is 0 Å². The van der Waals surface area contributed by atoms with Crippen molar-refractivity contribution in [1.29, 1.82) is 0 Å². The lowest BCUT2D eigenvalue weighted by molar-refractivity contribution is -0.123. The highest BCUT2D eigenvalue weighted by molar-refractivity contribution is 5.99. The second kappa shape index (κ2) is 7.50. The van der Waals surface area contributed by atoms with Crippen molar-refractivity contribution >= 4 is 23.3 Å². The third kappa shape index (κ3) is 4.49. The summed E-state index contributed by atoms with van der Waals surface area (Å²) in [6, 6.07) is 11.3. The van der Waals surface area contributed by atoms with Gasteiger partial charge < -0.3 is 10.1 Å². The molecule has 6 heteroatoms. The Kier molecular flexibility index (Phi) is 5.42. The lowest BCUT2D eigenvalue weighted by atomic mass is 10.1. The van der Waals surface area contributed by atoms with E-state index in [1.165, 1.54) is 32.0 Å². The number of halogens is 1. The Morgan fingerprint density at radius 3 is 2.33 bits per heavy atom. The molecule has 0 saturated carbocycles. The molecule has 1 atom stereocenters. The number of esters is 1. The number of ketones is 1. The predicted octanol–water partition coefficient (Wildman–Crippen LogP) is 3.21. The molecule has 0 spiro atoms. The maximum Gasteiger partial charge on any atom is 0.338 e. The van der Waals surface area contributed by atoms with Crippen molar-refractivity contribution in [3.05, 3.63) is 65.5 Å². The lowest BCUT2D eigenvalue weighted by Gasteiger charge is -2.14. The molecule has 124 valence electrons. The van der Waals surface area contributed by atoms with Crippen molar-refractivity contribution < 1.29 is 23.5 Å². The van der Waals surface area contributed by atoms with Crippen LogP contribution in [0.1, 0.15) is 34.6 Å². The summed E-state index contributed by atoms with van der Waals surface area (Å²) in [5.41, 5.74) is 1.04. The van der Waals surface area contributed by atoms with Crippen LogP contribution in [0, 0.1) is 5.82 Å². The number of benzene rings is 2. The first-order valence-corrected chi connectivity index (χ1v) is 7.25. The number of amides is 1. The summed E-state index contributed by atoms with van der Waals surface area (Å²) in [4.78, 5) is 35.3. The minimum atomic E-state index is -1.05. The SMILES string of the molecule is CC(=O)c1cccc(NC(=O)[C@@H](C)OC(=O)c2ccc(F)cc2)c1. The summed E-state index contributed by atoms with van der Waals surface area (Å²) in [5.74, 6) is -1.86. The number of hydrogen-bond donors (Lipinski definition) is 1. The maximum atomic E-state index is 12.8. The monoisotopic (exact) mass is 329 g/mol. The van der Waals surface area contributed by atoms with Gasteiger partial charge in [-0.1, -0.05) is 12.1 Å². The van der Waals surface area contributed by atoms with Gasteiger partial charge in [0.1, 0.15) is 5.82 Å². The highest BCUT2D eigenvalue weighted by Crippen LogP contribution is 2.13. The Labute approximate surface area is 138 Å². The van der Waals surface area contributed by atoms with E-state index in [0.29, 0.717) is 11.3 Å². The molecule has 0 heterocycles. The zero-order valence-corrected chi connectivity index (χ0v) is 13.2. The molecule has 0 fully saturated rings. The van der Waals surface area contributed by atoms with E-state index in [-0.39, 0.29) is 11.3 Å². The first-order chi connectivity index (χ1) is 11.4. The van der Waals surface area contributed by atoms with Gasteiger partial charge in [-0.25, -0.2) is 9.18 Å². The van der Waals surface area contributed by atoms with Crippen molar-refractivity contribution in [3.63, 3.8) is 0 Å². The minimum absolute atomic E-state index is 0.123. The van der Waals surface area contributed by atoms with Crippen LogP contribution < -0.4 is 5.32 Å². The molecular formula is C18H16FNO4. The number of carbonyl (C=O) groups is 3. The molecule has 2 aromatic carbocycles. The van der Waals surface area contributed by atoms with Crippen LogP contribution in [0.4, 0.5) is 10.1 Å². The predicted molar refractivity (Wildman–Crippen MR) is 86.4 cm³/mol. The number of nitrogens with one attached hydrogen (secondary N) is 1. The molecule has 0 aromatic heterocycles. The third-order valence-corrected chi connectivity index (χ3v) is 3.27. The normalized spacial score (nSPS) is 11.5. The molecule has 0 unspecified atom stereocenters. The van der Waals surface area contributed by atoms with E-state index in [4.69, 9.17) is 4.74 Å². The third-order valence-electron chi connectivity index (χ3n) is 3.27. The van der Waals surface area contributed by atoms with Crippen molar-refractivity contribution in [3.8, 4) is 0 Å². The summed E-state index contributed by atoms with van der Waals surface area (Å²) in [6.45, 7) is 2.85. The van der Waals surface area contributed by atoms with Gasteiger partial charge in [-0.05, 0) is 50.2 Å². The standard InChI is InChI=1S/C18H16FNO4/c1-11(21)14-4-3-5-16(10-14)20-17(22)12(2)24-18(23)13-6-8-15(19)9-7-13/h3-10,12H,1-2H3,(H,20,22)/t12-/m1/s1. The first-order valence-electron chi connectivity index (χ1n) is 7.25. The van der Waals surface area contributed by atoms with Crippen molar-refractivity contribution in [2.24, 2.45) is 0 Å². The molecule has 24 heavy (non-hydrogen) atoms. The van der Waals surface area contributed by atoms with Crippen LogP contribution in [0.2, 0.25) is 0 Å². The maximum absolute atomic E-state index is 12.8. The molecule has 2 aromatic rings. The minimum Gasteiger partial charge on any atom is -0.449 e. The number of carbonyl (C=O) groups excluding carboxylic acids is 3. The summed E-state index contributed by atoms with van der Waals surface area (Å²) in [5, 5.41) is 2.57. The zero-order valence-electron chi connectivity index (χ0n) is 13.2. The highest BCUT2D eigenvalue weighted by Gasteiger charge is 2.19. The van der Waals surface area contributed by atoms with Crippen LogP contribution in [0.25, 0.3) is 0 Å². The Bertz CT molecular complexity index is 771. The van der Waals surface area contributed by atoms with Crippen LogP contribution in [-0.2, 0) is 9.53 Å². The number of ether oxygens (including phenoxy) is 1. The summed E-state index contributed by atoms with van der Waals surface area (Å²) in [6.07, 6.45) is -1.05. The average molecular weight is 329 g/mol. The Morgan fingerprint density at radius 2 is 1.71 bits per heavy atom. The first kappa shape index (κ1) is 17.3. The Balaban J connectivity index is 1.99. The van der Waals surface area contributed by atoms with E-state index in [0.717, 1.165) is 12.1 Å².